The van der Waals surface area contributed by atoms with Gasteiger partial charge in [0.05, 0.1) is 24.8 Å². The number of morpholine rings is 1. The van der Waals surface area contributed by atoms with Gasteiger partial charge in [0.2, 0.25) is 5.91 Å². The van der Waals surface area contributed by atoms with Gasteiger partial charge < -0.3 is 15.4 Å². The fraction of sp³-hybridized carbons (Fsp3) is 0.900. The Balaban J connectivity index is 2.67. The van der Waals surface area contributed by atoms with Crippen molar-refractivity contribution in [2.24, 2.45) is 5.73 Å². The molecule has 1 rings (SSSR count). The summed E-state index contributed by atoms with van der Waals surface area (Å²) < 4.78 is 5.27. The van der Waals surface area contributed by atoms with Crippen molar-refractivity contribution in [3.05, 3.63) is 0 Å². The van der Waals surface area contributed by atoms with Crippen molar-refractivity contribution >= 4 is 5.91 Å². The predicted molar refractivity (Wildman–Crippen MR) is 54.9 cm³/mol. The van der Waals surface area contributed by atoms with Gasteiger partial charge in [0.25, 0.3) is 0 Å². The Morgan fingerprint density at radius 3 is 2.86 bits per heavy atom. The fourth-order valence-electron chi connectivity index (χ4n) is 1.51. The zero-order valence-corrected chi connectivity index (χ0v) is 9.25. The van der Waals surface area contributed by atoms with E-state index in [1.54, 1.807) is 6.92 Å². The molecule has 2 N–H and O–H groups in total. The molecule has 2 atom stereocenters. The van der Waals surface area contributed by atoms with E-state index >= 15 is 0 Å². The van der Waals surface area contributed by atoms with Crippen LogP contribution >= 0.6 is 0 Å². The second kappa shape index (κ2) is 4.28. The minimum atomic E-state index is -0.731. The predicted octanol–water partition coefficient (Wildman–Crippen LogP) is 0.361. The molecule has 1 saturated heterocycles. The quantitative estimate of drug-likeness (QED) is 0.700. The summed E-state index contributed by atoms with van der Waals surface area (Å²) in [6, 6.07) is 0.144. The molecule has 1 unspecified atom stereocenters. The summed E-state index contributed by atoms with van der Waals surface area (Å²) in [7, 11) is 0. The van der Waals surface area contributed by atoms with E-state index in [4.69, 9.17) is 10.5 Å². The summed E-state index contributed by atoms with van der Waals surface area (Å²) in [5.41, 5.74) is 5.19. The van der Waals surface area contributed by atoms with Gasteiger partial charge in [-0.05, 0) is 20.3 Å². The van der Waals surface area contributed by atoms with Crippen molar-refractivity contribution in [2.75, 3.05) is 19.8 Å². The average molecular weight is 200 g/mol. The largest absolute Gasteiger partial charge is 0.377 e. The topological polar surface area (TPSA) is 55.6 Å². The molecule has 0 radical (unpaired) electrons. The number of rotatable bonds is 2. The number of carbonyl (C=O) groups is 1. The second-order valence-electron chi connectivity index (χ2n) is 4.19. The number of hydrogen-bond donors (Lipinski definition) is 1. The summed E-state index contributed by atoms with van der Waals surface area (Å²) in [6.45, 7) is 7.61. The molecule has 14 heavy (non-hydrogen) atoms. The van der Waals surface area contributed by atoms with Crippen molar-refractivity contribution < 1.29 is 9.53 Å². The van der Waals surface area contributed by atoms with E-state index in [-0.39, 0.29) is 11.9 Å². The molecule has 0 aromatic carbocycles. The van der Waals surface area contributed by atoms with Crippen molar-refractivity contribution in [3.8, 4) is 0 Å². The molecular formula is C10H20N2O2. The third-order valence-corrected chi connectivity index (χ3v) is 2.85. The zero-order chi connectivity index (χ0) is 10.8. The Morgan fingerprint density at radius 1 is 1.71 bits per heavy atom. The summed E-state index contributed by atoms with van der Waals surface area (Å²) in [4.78, 5) is 13.8. The Bertz CT molecular complexity index is 216. The minimum Gasteiger partial charge on any atom is -0.377 e. The van der Waals surface area contributed by atoms with Crippen LogP contribution in [0.1, 0.15) is 27.2 Å². The van der Waals surface area contributed by atoms with Gasteiger partial charge in [-0.3, -0.25) is 4.79 Å². The number of hydrogen-bond acceptors (Lipinski definition) is 3. The van der Waals surface area contributed by atoms with Crippen LogP contribution in [-0.4, -0.2) is 42.1 Å². The first-order valence-corrected chi connectivity index (χ1v) is 5.16. The van der Waals surface area contributed by atoms with Gasteiger partial charge in [-0.25, -0.2) is 0 Å². The van der Waals surface area contributed by atoms with Crippen molar-refractivity contribution in [2.45, 2.75) is 38.8 Å². The number of nitrogens with zero attached hydrogens (tertiary/aromatic N) is 1. The Labute approximate surface area is 85.4 Å². The third kappa shape index (κ3) is 2.25. The molecular weight excluding hydrogens is 180 g/mol. The van der Waals surface area contributed by atoms with Gasteiger partial charge >= 0.3 is 0 Å². The fourth-order valence-corrected chi connectivity index (χ4v) is 1.51. The number of carbonyl (C=O) groups excluding carboxylic acids is 1. The summed E-state index contributed by atoms with van der Waals surface area (Å²) >= 11 is 0. The van der Waals surface area contributed by atoms with E-state index in [0.717, 1.165) is 0 Å². The highest BCUT2D eigenvalue weighted by Crippen LogP contribution is 2.15. The van der Waals surface area contributed by atoms with Crippen LogP contribution in [-0.2, 0) is 9.53 Å². The highest BCUT2D eigenvalue weighted by molar-refractivity contribution is 5.86. The molecule has 0 aromatic heterocycles. The Morgan fingerprint density at radius 2 is 2.36 bits per heavy atom. The van der Waals surface area contributed by atoms with Crippen LogP contribution in [0, 0.1) is 0 Å². The molecule has 82 valence electrons. The Hall–Kier alpha value is -0.610. The molecule has 1 heterocycles. The van der Waals surface area contributed by atoms with Crippen LogP contribution in [0.25, 0.3) is 0 Å². The van der Waals surface area contributed by atoms with Crippen molar-refractivity contribution in [3.63, 3.8) is 0 Å². The third-order valence-electron chi connectivity index (χ3n) is 2.85. The van der Waals surface area contributed by atoms with Crippen LogP contribution < -0.4 is 5.73 Å². The normalized spacial score (nSPS) is 27.1. The lowest BCUT2D eigenvalue weighted by Gasteiger charge is -2.38. The van der Waals surface area contributed by atoms with Gasteiger partial charge in [0, 0.05) is 6.54 Å². The summed E-state index contributed by atoms with van der Waals surface area (Å²) in [5.74, 6) is 0.0378. The standard InChI is InChI=1S/C10H20N2O2/c1-4-10(3,11)9(13)12-5-6-14-7-8(12)2/h8H,4-7,11H2,1-3H3/t8-,10?/m1/s1. The maximum Gasteiger partial charge on any atom is 0.242 e. The van der Waals surface area contributed by atoms with Crippen molar-refractivity contribution in [1.29, 1.82) is 0 Å². The minimum absolute atomic E-state index is 0.0378. The van der Waals surface area contributed by atoms with Crippen molar-refractivity contribution in [1.82, 2.24) is 4.90 Å². The molecule has 1 amide bonds. The van der Waals surface area contributed by atoms with Crippen LogP contribution in [0.15, 0.2) is 0 Å². The molecule has 0 spiro atoms. The monoisotopic (exact) mass is 200 g/mol. The first-order valence-electron chi connectivity index (χ1n) is 5.16. The SMILES string of the molecule is CCC(C)(N)C(=O)N1CCOC[C@H]1C. The molecule has 4 heteroatoms. The second-order valence-corrected chi connectivity index (χ2v) is 4.19. The molecule has 0 aliphatic carbocycles. The highest BCUT2D eigenvalue weighted by Gasteiger charge is 2.34. The molecule has 1 aliphatic heterocycles. The van der Waals surface area contributed by atoms with Gasteiger partial charge in [0.1, 0.15) is 0 Å². The molecule has 4 nitrogen and oxygen atoms in total. The van der Waals surface area contributed by atoms with Crippen LogP contribution in [0.3, 0.4) is 0 Å². The average Bonchev–Trinajstić information content (AvgIpc) is 2.17. The maximum atomic E-state index is 12.0. The van der Waals surface area contributed by atoms with Gasteiger partial charge in [-0.1, -0.05) is 6.92 Å². The number of nitrogens with two attached hydrogens (primary N) is 1. The number of amides is 1. The van der Waals surface area contributed by atoms with E-state index in [0.29, 0.717) is 26.2 Å². The van der Waals surface area contributed by atoms with E-state index < -0.39 is 5.54 Å². The van der Waals surface area contributed by atoms with Gasteiger partial charge in [-0.15, -0.1) is 0 Å². The first kappa shape index (κ1) is 11.5. The molecule has 1 fully saturated rings. The first-order chi connectivity index (χ1) is 6.49. The lowest BCUT2D eigenvalue weighted by Crippen LogP contribution is -2.58. The smallest absolute Gasteiger partial charge is 0.242 e. The maximum absolute atomic E-state index is 12.0. The Kier molecular flexibility index (Phi) is 3.50. The van der Waals surface area contributed by atoms with Gasteiger partial charge in [0.15, 0.2) is 0 Å². The zero-order valence-electron chi connectivity index (χ0n) is 9.25. The lowest BCUT2D eigenvalue weighted by atomic mass is 9.97. The van der Waals surface area contributed by atoms with Crippen LogP contribution in [0.2, 0.25) is 0 Å². The van der Waals surface area contributed by atoms with Gasteiger partial charge in [-0.2, -0.15) is 0 Å². The van der Waals surface area contributed by atoms with E-state index in [1.807, 2.05) is 18.7 Å². The van der Waals surface area contributed by atoms with Crippen LogP contribution in [0.4, 0.5) is 0 Å². The summed E-state index contributed by atoms with van der Waals surface area (Å²) in [5, 5.41) is 0. The van der Waals surface area contributed by atoms with Crippen LogP contribution in [0.5, 0.6) is 0 Å². The van der Waals surface area contributed by atoms with E-state index in [9.17, 15) is 4.79 Å². The molecule has 1 aliphatic rings. The van der Waals surface area contributed by atoms with E-state index in [2.05, 4.69) is 0 Å². The highest BCUT2D eigenvalue weighted by atomic mass is 16.5. The molecule has 0 saturated carbocycles. The van der Waals surface area contributed by atoms with E-state index in [1.165, 1.54) is 0 Å². The molecule has 0 aromatic rings. The number of ether oxygens (including phenoxy) is 1. The lowest BCUT2D eigenvalue weighted by molar-refractivity contribution is -0.144. The molecule has 0 bridgehead atoms. The summed E-state index contributed by atoms with van der Waals surface area (Å²) in [6.07, 6.45) is 0.663.